The van der Waals surface area contributed by atoms with Crippen molar-refractivity contribution in [2.75, 3.05) is 11.4 Å². The number of rotatable bonds is 6. The van der Waals surface area contributed by atoms with Crippen LogP contribution in [0.15, 0.2) is 54.6 Å². The van der Waals surface area contributed by atoms with Crippen molar-refractivity contribution in [2.24, 2.45) is 5.92 Å². The summed E-state index contributed by atoms with van der Waals surface area (Å²) in [4.78, 5) is 26.7. The lowest BCUT2D eigenvalue weighted by Crippen LogP contribution is -2.36. The zero-order valence-corrected chi connectivity index (χ0v) is 15.1. The maximum Gasteiger partial charge on any atom is 0.239 e. The predicted molar refractivity (Wildman–Crippen MR) is 101 cm³/mol. The maximum atomic E-state index is 12.6. The molecule has 0 spiro atoms. The number of hydrogen-bond donors (Lipinski definition) is 1. The zero-order valence-electron chi connectivity index (χ0n) is 15.1. The maximum absolute atomic E-state index is 12.6. The first-order valence-corrected chi connectivity index (χ1v) is 8.94. The molecule has 1 unspecified atom stereocenters. The molecule has 0 bridgehead atoms. The van der Waals surface area contributed by atoms with Crippen molar-refractivity contribution in [3.05, 3.63) is 60.2 Å². The Morgan fingerprint density at radius 1 is 1.15 bits per heavy atom. The first-order valence-electron chi connectivity index (χ1n) is 8.94. The third kappa shape index (κ3) is 4.23. The molecule has 2 amide bonds. The van der Waals surface area contributed by atoms with Crippen molar-refractivity contribution in [3.8, 4) is 5.75 Å². The van der Waals surface area contributed by atoms with Crippen LogP contribution in [0.4, 0.5) is 5.69 Å². The van der Waals surface area contributed by atoms with E-state index in [0.29, 0.717) is 19.5 Å². The molecule has 3 rings (SSSR count). The summed E-state index contributed by atoms with van der Waals surface area (Å²) in [6.07, 6.45) is 0.669. The van der Waals surface area contributed by atoms with Gasteiger partial charge in [0.25, 0.3) is 0 Å². The second kappa shape index (κ2) is 8.04. The Bertz CT molecular complexity index is 757. The minimum Gasteiger partial charge on any atom is -0.491 e. The summed E-state index contributed by atoms with van der Waals surface area (Å²) in [5, 5.41) is 2.88. The second-order valence-electron chi connectivity index (χ2n) is 6.70. The monoisotopic (exact) mass is 352 g/mol. The Balaban J connectivity index is 1.55. The largest absolute Gasteiger partial charge is 0.491 e. The van der Waals surface area contributed by atoms with E-state index in [1.807, 2.05) is 68.4 Å². The van der Waals surface area contributed by atoms with Crippen molar-refractivity contribution in [3.63, 3.8) is 0 Å². The average molecular weight is 352 g/mol. The Kier molecular flexibility index (Phi) is 5.56. The Morgan fingerprint density at radius 3 is 2.50 bits per heavy atom. The molecule has 1 atom stereocenters. The van der Waals surface area contributed by atoms with Crippen molar-refractivity contribution < 1.29 is 14.3 Å². The Labute approximate surface area is 154 Å². The molecule has 1 fully saturated rings. The fourth-order valence-corrected chi connectivity index (χ4v) is 3.06. The standard InChI is InChI=1S/C21H24N2O3/c1-15(2)26-18-10-8-16(9-11-18)14-22-20(24)19-12-13-23(21(19)25)17-6-4-3-5-7-17/h3-11,15,19H,12-14H2,1-2H3,(H,22,24). The molecular weight excluding hydrogens is 328 g/mol. The molecule has 1 N–H and O–H groups in total. The van der Waals surface area contributed by atoms with E-state index >= 15 is 0 Å². The van der Waals surface area contributed by atoms with Gasteiger partial charge in [-0.3, -0.25) is 9.59 Å². The zero-order chi connectivity index (χ0) is 18.5. The summed E-state index contributed by atoms with van der Waals surface area (Å²) < 4.78 is 5.61. The Morgan fingerprint density at radius 2 is 1.85 bits per heavy atom. The van der Waals surface area contributed by atoms with E-state index in [1.54, 1.807) is 4.90 Å². The van der Waals surface area contributed by atoms with E-state index in [-0.39, 0.29) is 17.9 Å². The highest BCUT2D eigenvalue weighted by Crippen LogP contribution is 2.25. The van der Waals surface area contributed by atoms with Gasteiger partial charge < -0.3 is 15.0 Å². The fourth-order valence-electron chi connectivity index (χ4n) is 3.06. The minimum absolute atomic E-state index is 0.126. The van der Waals surface area contributed by atoms with Gasteiger partial charge in [-0.1, -0.05) is 30.3 Å². The van der Waals surface area contributed by atoms with Crippen LogP contribution in [0.25, 0.3) is 0 Å². The van der Waals surface area contributed by atoms with Gasteiger partial charge in [0.15, 0.2) is 0 Å². The van der Waals surface area contributed by atoms with E-state index < -0.39 is 5.92 Å². The van der Waals surface area contributed by atoms with Crippen LogP contribution in [-0.4, -0.2) is 24.5 Å². The highest BCUT2D eigenvalue weighted by molar-refractivity contribution is 6.09. The van der Waals surface area contributed by atoms with Crippen LogP contribution in [0.1, 0.15) is 25.8 Å². The predicted octanol–water partition coefficient (Wildman–Crippen LogP) is 3.14. The van der Waals surface area contributed by atoms with Gasteiger partial charge in [-0.05, 0) is 50.1 Å². The summed E-state index contributed by atoms with van der Waals surface area (Å²) in [5.74, 6) is -0.149. The Hall–Kier alpha value is -2.82. The van der Waals surface area contributed by atoms with Crippen molar-refractivity contribution >= 4 is 17.5 Å². The van der Waals surface area contributed by atoms with Gasteiger partial charge >= 0.3 is 0 Å². The van der Waals surface area contributed by atoms with Crippen LogP contribution in [0.5, 0.6) is 5.75 Å². The molecule has 0 aromatic heterocycles. The van der Waals surface area contributed by atoms with Gasteiger partial charge in [0.1, 0.15) is 11.7 Å². The van der Waals surface area contributed by atoms with Crippen LogP contribution in [-0.2, 0) is 16.1 Å². The first kappa shape index (κ1) is 18.0. The lowest BCUT2D eigenvalue weighted by atomic mass is 10.1. The fraction of sp³-hybridized carbons (Fsp3) is 0.333. The molecule has 1 heterocycles. The molecule has 1 aliphatic rings. The van der Waals surface area contributed by atoms with E-state index in [0.717, 1.165) is 17.0 Å². The second-order valence-corrected chi connectivity index (χ2v) is 6.70. The number of amides is 2. The third-order valence-corrected chi connectivity index (χ3v) is 4.35. The molecular formula is C21H24N2O3. The van der Waals surface area contributed by atoms with Crippen LogP contribution < -0.4 is 15.0 Å². The minimum atomic E-state index is -0.612. The van der Waals surface area contributed by atoms with Crippen LogP contribution >= 0.6 is 0 Å². The van der Waals surface area contributed by atoms with Gasteiger partial charge in [0.2, 0.25) is 11.8 Å². The molecule has 5 heteroatoms. The van der Waals surface area contributed by atoms with Gasteiger partial charge in [0.05, 0.1) is 6.10 Å². The number of hydrogen-bond acceptors (Lipinski definition) is 3. The molecule has 2 aromatic rings. The quantitative estimate of drug-likeness (QED) is 0.813. The van der Waals surface area contributed by atoms with Crippen molar-refractivity contribution in [1.29, 1.82) is 0 Å². The number of anilines is 1. The summed E-state index contributed by atoms with van der Waals surface area (Å²) in [6.45, 7) is 4.93. The van der Waals surface area contributed by atoms with Gasteiger partial charge in [-0.25, -0.2) is 0 Å². The molecule has 26 heavy (non-hydrogen) atoms. The van der Waals surface area contributed by atoms with E-state index in [1.165, 1.54) is 0 Å². The lowest BCUT2D eigenvalue weighted by Gasteiger charge is -2.16. The highest BCUT2D eigenvalue weighted by Gasteiger charge is 2.37. The molecule has 0 saturated carbocycles. The van der Waals surface area contributed by atoms with E-state index in [4.69, 9.17) is 4.74 Å². The van der Waals surface area contributed by atoms with Gasteiger partial charge in [0, 0.05) is 18.8 Å². The third-order valence-electron chi connectivity index (χ3n) is 4.35. The average Bonchev–Trinajstić information content (AvgIpc) is 3.03. The smallest absolute Gasteiger partial charge is 0.239 e. The summed E-state index contributed by atoms with van der Waals surface area (Å²) >= 11 is 0. The normalized spacial score (nSPS) is 16.8. The highest BCUT2D eigenvalue weighted by atomic mass is 16.5. The number of ether oxygens (including phenoxy) is 1. The number of para-hydroxylation sites is 1. The number of nitrogens with one attached hydrogen (secondary N) is 1. The van der Waals surface area contributed by atoms with Gasteiger partial charge in [-0.2, -0.15) is 0 Å². The van der Waals surface area contributed by atoms with E-state index in [9.17, 15) is 9.59 Å². The van der Waals surface area contributed by atoms with Crippen molar-refractivity contribution in [1.82, 2.24) is 5.32 Å². The summed E-state index contributed by atoms with van der Waals surface area (Å²) in [5.41, 5.74) is 1.81. The molecule has 5 nitrogen and oxygen atoms in total. The summed E-state index contributed by atoms with van der Waals surface area (Å²) in [6, 6.07) is 17.1. The number of carbonyl (C=O) groups excluding carboxylic acids is 2. The number of carbonyl (C=O) groups is 2. The molecule has 0 radical (unpaired) electrons. The first-order chi connectivity index (χ1) is 12.5. The van der Waals surface area contributed by atoms with E-state index in [2.05, 4.69) is 5.32 Å². The molecule has 136 valence electrons. The van der Waals surface area contributed by atoms with Gasteiger partial charge in [-0.15, -0.1) is 0 Å². The van der Waals surface area contributed by atoms with Crippen LogP contribution in [0, 0.1) is 5.92 Å². The number of benzene rings is 2. The topological polar surface area (TPSA) is 58.6 Å². The molecule has 2 aromatic carbocycles. The molecule has 1 aliphatic heterocycles. The molecule has 0 aliphatic carbocycles. The van der Waals surface area contributed by atoms with Crippen LogP contribution in [0.3, 0.4) is 0 Å². The lowest BCUT2D eigenvalue weighted by molar-refractivity contribution is -0.132. The number of nitrogens with zero attached hydrogens (tertiary/aromatic N) is 1. The summed E-state index contributed by atoms with van der Waals surface area (Å²) in [7, 11) is 0. The molecule has 1 saturated heterocycles. The SMILES string of the molecule is CC(C)Oc1ccc(CNC(=O)C2CCN(c3ccccc3)C2=O)cc1. The van der Waals surface area contributed by atoms with Crippen LogP contribution in [0.2, 0.25) is 0 Å². The van der Waals surface area contributed by atoms with Crippen molar-refractivity contribution in [2.45, 2.75) is 32.9 Å².